The van der Waals surface area contributed by atoms with E-state index in [2.05, 4.69) is 13.0 Å². The van der Waals surface area contributed by atoms with Crippen molar-refractivity contribution in [3.05, 3.63) is 55.0 Å². The van der Waals surface area contributed by atoms with Crippen LogP contribution in [-0.2, 0) is 6.42 Å². The Morgan fingerprint density at radius 1 is 0.900 bits per heavy atom. The molecule has 2 rings (SSSR count). The van der Waals surface area contributed by atoms with Gasteiger partial charge in [-0.25, -0.2) is 0 Å². The van der Waals surface area contributed by atoms with Crippen molar-refractivity contribution < 1.29 is 14.2 Å². The quantitative estimate of drug-likeness (QED) is 0.785. The van der Waals surface area contributed by atoms with E-state index >= 15 is 0 Å². The second-order valence-electron chi connectivity index (χ2n) is 4.33. The van der Waals surface area contributed by atoms with Crippen LogP contribution < -0.4 is 14.2 Å². The van der Waals surface area contributed by atoms with E-state index in [4.69, 9.17) is 14.2 Å². The number of hydrogen-bond acceptors (Lipinski definition) is 3. The standard InChI is InChI=1S/C17H19O3/c1-4-7-13-8-5-6-9-15(13)20-14-10-11-16(18-2)17(12-14)19-3/h5-6,8-12H,1,4,7H2,2-3H3. The van der Waals surface area contributed by atoms with E-state index < -0.39 is 0 Å². The minimum absolute atomic E-state index is 0.652. The summed E-state index contributed by atoms with van der Waals surface area (Å²) in [7, 11) is 3.22. The van der Waals surface area contributed by atoms with Gasteiger partial charge in [0.15, 0.2) is 11.5 Å². The van der Waals surface area contributed by atoms with Crippen molar-refractivity contribution in [2.24, 2.45) is 0 Å². The zero-order valence-corrected chi connectivity index (χ0v) is 11.9. The first-order valence-corrected chi connectivity index (χ1v) is 6.55. The van der Waals surface area contributed by atoms with Crippen LogP contribution in [0.25, 0.3) is 0 Å². The molecule has 0 N–H and O–H groups in total. The molecule has 105 valence electrons. The predicted molar refractivity (Wildman–Crippen MR) is 79.7 cm³/mol. The number of ether oxygens (including phenoxy) is 3. The first-order valence-electron chi connectivity index (χ1n) is 6.55. The average Bonchev–Trinajstić information content (AvgIpc) is 2.49. The zero-order valence-electron chi connectivity index (χ0n) is 11.9. The minimum atomic E-state index is 0.652. The SMILES string of the molecule is [CH2]CCc1ccccc1Oc1ccc(OC)c(OC)c1. The molecule has 0 spiro atoms. The van der Waals surface area contributed by atoms with Crippen LogP contribution in [0.2, 0.25) is 0 Å². The fraction of sp³-hybridized carbons (Fsp3) is 0.235. The van der Waals surface area contributed by atoms with Crippen LogP contribution >= 0.6 is 0 Å². The van der Waals surface area contributed by atoms with Crippen LogP contribution in [0.4, 0.5) is 0 Å². The first kappa shape index (κ1) is 14.3. The van der Waals surface area contributed by atoms with Gasteiger partial charge in [-0.3, -0.25) is 0 Å². The summed E-state index contributed by atoms with van der Waals surface area (Å²) < 4.78 is 16.4. The highest BCUT2D eigenvalue weighted by atomic mass is 16.5. The minimum Gasteiger partial charge on any atom is -0.493 e. The Bertz CT molecular complexity index is 564. The Morgan fingerprint density at radius 3 is 2.35 bits per heavy atom. The van der Waals surface area contributed by atoms with Gasteiger partial charge in [-0.2, -0.15) is 0 Å². The second-order valence-corrected chi connectivity index (χ2v) is 4.33. The summed E-state index contributed by atoms with van der Waals surface area (Å²) in [5.74, 6) is 2.91. The van der Waals surface area contributed by atoms with Gasteiger partial charge in [0.05, 0.1) is 14.2 Å². The highest BCUT2D eigenvalue weighted by molar-refractivity contribution is 5.47. The number of benzene rings is 2. The Hall–Kier alpha value is -2.16. The van der Waals surface area contributed by atoms with Gasteiger partial charge >= 0.3 is 0 Å². The third-order valence-electron chi connectivity index (χ3n) is 3.00. The third-order valence-corrected chi connectivity index (χ3v) is 3.00. The molecule has 0 heterocycles. The van der Waals surface area contributed by atoms with E-state index in [1.165, 1.54) is 0 Å². The Labute approximate surface area is 120 Å². The number of aryl methyl sites for hydroxylation is 1. The van der Waals surface area contributed by atoms with Crippen molar-refractivity contribution in [2.45, 2.75) is 12.8 Å². The van der Waals surface area contributed by atoms with Gasteiger partial charge in [-0.1, -0.05) is 25.1 Å². The fourth-order valence-corrected chi connectivity index (χ4v) is 2.01. The molecule has 3 heteroatoms. The molecule has 2 aromatic rings. The smallest absolute Gasteiger partial charge is 0.164 e. The first-order chi connectivity index (χ1) is 9.78. The molecule has 20 heavy (non-hydrogen) atoms. The van der Waals surface area contributed by atoms with Gasteiger partial charge in [0.1, 0.15) is 11.5 Å². The highest BCUT2D eigenvalue weighted by Crippen LogP contribution is 2.34. The molecule has 0 saturated carbocycles. The molecule has 2 aromatic carbocycles. The molecular formula is C17H19O3. The van der Waals surface area contributed by atoms with Crippen LogP contribution in [0.1, 0.15) is 12.0 Å². The lowest BCUT2D eigenvalue weighted by Gasteiger charge is -2.13. The van der Waals surface area contributed by atoms with E-state index in [1.54, 1.807) is 14.2 Å². The summed E-state index contributed by atoms with van der Waals surface area (Å²) in [4.78, 5) is 0. The van der Waals surface area contributed by atoms with Crippen LogP contribution in [0.15, 0.2) is 42.5 Å². The number of methoxy groups -OCH3 is 2. The lowest BCUT2D eigenvalue weighted by molar-refractivity contribution is 0.352. The Kier molecular flexibility index (Phi) is 4.88. The van der Waals surface area contributed by atoms with Gasteiger partial charge < -0.3 is 14.2 Å². The van der Waals surface area contributed by atoms with E-state index in [-0.39, 0.29) is 0 Å². The molecule has 0 saturated heterocycles. The fourth-order valence-electron chi connectivity index (χ4n) is 2.01. The highest BCUT2D eigenvalue weighted by Gasteiger charge is 2.08. The molecule has 0 unspecified atom stereocenters. The second kappa shape index (κ2) is 6.85. The molecule has 0 aliphatic carbocycles. The molecule has 0 atom stereocenters. The van der Waals surface area contributed by atoms with Crippen LogP contribution in [0, 0.1) is 6.92 Å². The van der Waals surface area contributed by atoms with Crippen molar-refractivity contribution >= 4 is 0 Å². The Balaban J connectivity index is 2.26. The third kappa shape index (κ3) is 3.23. The summed E-state index contributed by atoms with van der Waals surface area (Å²) in [5, 5.41) is 0. The largest absolute Gasteiger partial charge is 0.493 e. The van der Waals surface area contributed by atoms with E-state index in [1.807, 2.05) is 36.4 Å². The normalized spacial score (nSPS) is 10.2. The lowest BCUT2D eigenvalue weighted by Crippen LogP contribution is -1.94. The van der Waals surface area contributed by atoms with Crippen LogP contribution in [-0.4, -0.2) is 14.2 Å². The summed E-state index contributed by atoms with van der Waals surface area (Å²) >= 11 is 0. The van der Waals surface area contributed by atoms with Gasteiger partial charge in [-0.05, 0) is 36.6 Å². The van der Waals surface area contributed by atoms with Crippen molar-refractivity contribution in [3.63, 3.8) is 0 Å². The summed E-state index contributed by atoms with van der Waals surface area (Å²) in [6.07, 6.45) is 1.73. The van der Waals surface area contributed by atoms with E-state index in [0.29, 0.717) is 11.5 Å². The molecule has 1 radical (unpaired) electrons. The van der Waals surface area contributed by atoms with Crippen LogP contribution in [0.5, 0.6) is 23.0 Å². The maximum Gasteiger partial charge on any atom is 0.164 e. The van der Waals surface area contributed by atoms with Gasteiger partial charge in [0.2, 0.25) is 0 Å². The molecule has 0 aromatic heterocycles. The molecule has 0 aliphatic heterocycles. The average molecular weight is 271 g/mol. The zero-order chi connectivity index (χ0) is 14.4. The maximum atomic E-state index is 5.94. The number of hydrogen-bond donors (Lipinski definition) is 0. The maximum absolute atomic E-state index is 5.94. The van der Waals surface area contributed by atoms with Crippen molar-refractivity contribution in [1.82, 2.24) is 0 Å². The molecule has 0 aliphatic rings. The number of rotatable bonds is 6. The summed E-state index contributed by atoms with van der Waals surface area (Å²) in [6.45, 7) is 3.89. The predicted octanol–water partition coefficient (Wildman–Crippen LogP) is 4.26. The van der Waals surface area contributed by atoms with Crippen LogP contribution in [0.3, 0.4) is 0 Å². The van der Waals surface area contributed by atoms with Gasteiger partial charge in [-0.15, -0.1) is 0 Å². The molecule has 0 fully saturated rings. The van der Waals surface area contributed by atoms with Crippen molar-refractivity contribution in [1.29, 1.82) is 0 Å². The topological polar surface area (TPSA) is 27.7 Å². The summed E-state index contributed by atoms with van der Waals surface area (Å²) in [5.41, 5.74) is 1.15. The molecule has 0 bridgehead atoms. The summed E-state index contributed by atoms with van der Waals surface area (Å²) in [6, 6.07) is 13.5. The van der Waals surface area contributed by atoms with Crippen molar-refractivity contribution in [2.75, 3.05) is 14.2 Å². The molecule has 3 nitrogen and oxygen atoms in total. The van der Waals surface area contributed by atoms with Gasteiger partial charge in [0.25, 0.3) is 0 Å². The number of para-hydroxylation sites is 1. The molecule has 0 amide bonds. The van der Waals surface area contributed by atoms with E-state index in [9.17, 15) is 0 Å². The van der Waals surface area contributed by atoms with E-state index in [0.717, 1.165) is 29.9 Å². The lowest BCUT2D eigenvalue weighted by atomic mass is 10.1. The monoisotopic (exact) mass is 271 g/mol. The van der Waals surface area contributed by atoms with Gasteiger partial charge in [0, 0.05) is 6.07 Å². The Morgan fingerprint density at radius 2 is 1.65 bits per heavy atom. The molecular weight excluding hydrogens is 252 g/mol. The van der Waals surface area contributed by atoms with Crippen molar-refractivity contribution in [3.8, 4) is 23.0 Å².